The predicted octanol–water partition coefficient (Wildman–Crippen LogP) is 4.68. The highest BCUT2D eigenvalue weighted by atomic mass is 16.1. The number of aromatic nitrogens is 3. The van der Waals surface area contributed by atoms with Crippen molar-refractivity contribution in [1.82, 2.24) is 20.1 Å². The maximum atomic E-state index is 13.2. The van der Waals surface area contributed by atoms with Crippen molar-refractivity contribution in [2.24, 2.45) is 7.05 Å². The Bertz CT molecular complexity index is 1150. The molecule has 5 nitrogen and oxygen atoms in total. The SMILES string of the molecule is Cc1ccc2[nH]c(C(=O)N[C@@H](C)c3cnn(C)c3C)c(-c3ccccc3)c2c1. The van der Waals surface area contributed by atoms with Gasteiger partial charge in [-0.05, 0) is 38.5 Å². The highest BCUT2D eigenvalue weighted by Crippen LogP contribution is 2.33. The summed E-state index contributed by atoms with van der Waals surface area (Å²) in [6.07, 6.45) is 1.81. The number of nitrogens with one attached hydrogen (secondary N) is 2. The van der Waals surface area contributed by atoms with Crippen LogP contribution in [-0.4, -0.2) is 20.7 Å². The number of aromatic amines is 1. The molecule has 142 valence electrons. The Morgan fingerprint density at radius 1 is 1.14 bits per heavy atom. The van der Waals surface area contributed by atoms with E-state index < -0.39 is 0 Å². The molecule has 0 radical (unpaired) electrons. The van der Waals surface area contributed by atoms with Crippen LogP contribution in [0.4, 0.5) is 0 Å². The van der Waals surface area contributed by atoms with Crippen LogP contribution in [-0.2, 0) is 7.05 Å². The number of hydrogen-bond acceptors (Lipinski definition) is 2. The lowest BCUT2D eigenvalue weighted by molar-refractivity contribution is 0.0936. The molecule has 0 spiro atoms. The molecule has 0 fully saturated rings. The maximum Gasteiger partial charge on any atom is 0.268 e. The third-order valence-electron chi connectivity index (χ3n) is 5.33. The van der Waals surface area contributed by atoms with E-state index in [9.17, 15) is 4.79 Å². The normalized spacial score (nSPS) is 12.3. The molecule has 5 heteroatoms. The van der Waals surface area contributed by atoms with Crippen LogP contribution in [0.2, 0.25) is 0 Å². The second-order valence-corrected chi connectivity index (χ2v) is 7.29. The molecule has 0 aliphatic heterocycles. The molecule has 0 aliphatic carbocycles. The van der Waals surface area contributed by atoms with Gasteiger partial charge in [0.2, 0.25) is 0 Å². The average Bonchev–Trinajstić information content (AvgIpc) is 3.22. The van der Waals surface area contributed by atoms with Gasteiger partial charge in [-0.15, -0.1) is 0 Å². The lowest BCUT2D eigenvalue weighted by Crippen LogP contribution is -2.27. The van der Waals surface area contributed by atoms with Crippen molar-refractivity contribution in [3.8, 4) is 11.1 Å². The van der Waals surface area contributed by atoms with Crippen LogP contribution in [0.3, 0.4) is 0 Å². The Balaban J connectivity index is 1.77. The van der Waals surface area contributed by atoms with E-state index >= 15 is 0 Å². The maximum absolute atomic E-state index is 13.2. The van der Waals surface area contributed by atoms with E-state index in [1.165, 1.54) is 0 Å². The minimum absolute atomic E-state index is 0.122. The summed E-state index contributed by atoms with van der Waals surface area (Å²) >= 11 is 0. The van der Waals surface area contributed by atoms with Gasteiger partial charge in [-0.2, -0.15) is 5.10 Å². The predicted molar refractivity (Wildman–Crippen MR) is 112 cm³/mol. The molecule has 0 saturated carbocycles. The fraction of sp³-hybridized carbons (Fsp3) is 0.217. The van der Waals surface area contributed by atoms with Crippen LogP contribution in [0.1, 0.15) is 40.3 Å². The number of H-pyrrole nitrogens is 1. The van der Waals surface area contributed by atoms with Crippen molar-refractivity contribution in [2.75, 3.05) is 0 Å². The number of benzene rings is 2. The van der Waals surface area contributed by atoms with Crippen molar-refractivity contribution in [3.63, 3.8) is 0 Å². The van der Waals surface area contributed by atoms with Crippen LogP contribution in [0.15, 0.2) is 54.7 Å². The van der Waals surface area contributed by atoms with E-state index in [1.54, 1.807) is 0 Å². The molecule has 0 aliphatic rings. The number of rotatable bonds is 4. The number of hydrogen-bond donors (Lipinski definition) is 2. The standard InChI is InChI=1S/C23H24N4O/c1-14-10-11-20-18(12-14)21(17-8-6-5-7-9-17)22(26-20)23(28)25-15(2)19-13-24-27(4)16(19)3/h5-13,15,26H,1-4H3,(H,25,28)/t15-/m0/s1. The molecule has 0 saturated heterocycles. The molecule has 0 unspecified atom stereocenters. The Hall–Kier alpha value is -3.34. The first-order valence-electron chi connectivity index (χ1n) is 9.43. The second-order valence-electron chi connectivity index (χ2n) is 7.29. The van der Waals surface area contributed by atoms with Crippen molar-refractivity contribution < 1.29 is 4.79 Å². The van der Waals surface area contributed by atoms with Crippen molar-refractivity contribution in [3.05, 3.63) is 77.2 Å². The largest absolute Gasteiger partial charge is 0.350 e. The summed E-state index contributed by atoms with van der Waals surface area (Å²) < 4.78 is 1.82. The van der Waals surface area contributed by atoms with Crippen molar-refractivity contribution >= 4 is 16.8 Å². The third kappa shape index (κ3) is 3.09. The number of carbonyl (C=O) groups is 1. The molecule has 2 aromatic carbocycles. The Morgan fingerprint density at radius 2 is 1.89 bits per heavy atom. The summed E-state index contributed by atoms with van der Waals surface area (Å²) in [7, 11) is 1.90. The molecular formula is C23H24N4O. The topological polar surface area (TPSA) is 62.7 Å². The second kappa shape index (κ2) is 7.00. The van der Waals surface area contributed by atoms with Crippen LogP contribution >= 0.6 is 0 Å². The van der Waals surface area contributed by atoms with Crippen molar-refractivity contribution in [2.45, 2.75) is 26.8 Å². The van der Waals surface area contributed by atoms with Gasteiger partial charge in [0.05, 0.1) is 12.2 Å². The fourth-order valence-electron chi connectivity index (χ4n) is 3.67. The van der Waals surface area contributed by atoms with Gasteiger partial charge in [0, 0.05) is 34.8 Å². The fourth-order valence-corrected chi connectivity index (χ4v) is 3.67. The zero-order valence-electron chi connectivity index (χ0n) is 16.6. The zero-order chi connectivity index (χ0) is 19.8. The lowest BCUT2D eigenvalue weighted by Gasteiger charge is -2.14. The number of carbonyl (C=O) groups excluding carboxylic acids is 1. The van der Waals surface area contributed by atoms with Gasteiger partial charge < -0.3 is 10.3 Å². The summed E-state index contributed by atoms with van der Waals surface area (Å²) in [4.78, 5) is 16.6. The minimum Gasteiger partial charge on any atom is -0.350 e. The molecular weight excluding hydrogens is 348 g/mol. The van der Waals surface area contributed by atoms with E-state index in [0.29, 0.717) is 5.69 Å². The van der Waals surface area contributed by atoms with Crippen LogP contribution < -0.4 is 5.32 Å². The van der Waals surface area contributed by atoms with Gasteiger partial charge in [-0.1, -0.05) is 42.0 Å². The van der Waals surface area contributed by atoms with Crippen LogP contribution in [0.25, 0.3) is 22.0 Å². The van der Waals surface area contributed by atoms with Crippen LogP contribution in [0, 0.1) is 13.8 Å². The smallest absolute Gasteiger partial charge is 0.268 e. The van der Waals surface area contributed by atoms with Gasteiger partial charge in [0.15, 0.2) is 0 Å². The summed E-state index contributed by atoms with van der Waals surface area (Å²) in [5.41, 5.74) is 6.73. The minimum atomic E-state index is -0.141. The number of amides is 1. The molecule has 4 aromatic rings. The lowest BCUT2D eigenvalue weighted by atomic mass is 10.00. The van der Waals surface area contributed by atoms with Crippen molar-refractivity contribution in [1.29, 1.82) is 0 Å². The van der Waals surface area contributed by atoms with E-state index in [-0.39, 0.29) is 11.9 Å². The molecule has 0 bridgehead atoms. The molecule has 2 heterocycles. The van der Waals surface area contributed by atoms with E-state index in [4.69, 9.17) is 0 Å². The highest BCUT2D eigenvalue weighted by molar-refractivity contribution is 6.09. The van der Waals surface area contributed by atoms with E-state index in [1.807, 2.05) is 68.2 Å². The average molecular weight is 372 g/mol. The van der Waals surface area contributed by atoms with Gasteiger partial charge >= 0.3 is 0 Å². The van der Waals surface area contributed by atoms with Crippen LogP contribution in [0.5, 0.6) is 0 Å². The Morgan fingerprint density at radius 3 is 2.57 bits per heavy atom. The number of fused-ring (bicyclic) bond motifs is 1. The van der Waals surface area contributed by atoms with Gasteiger partial charge in [0.25, 0.3) is 5.91 Å². The quantitative estimate of drug-likeness (QED) is 0.546. The summed E-state index contributed by atoms with van der Waals surface area (Å²) in [6.45, 7) is 6.05. The van der Waals surface area contributed by atoms with Gasteiger partial charge in [-0.25, -0.2) is 0 Å². The first-order valence-corrected chi connectivity index (χ1v) is 9.43. The monoisotopic (exact) mass is 372 g/mol. The molecule has 1 amide bonds. The first-order chi connectivity index (χ1) is 13.5. The molecule has 28 heavy (non-hydrogen) atoms. The van der Waals surface area contributed by atoms with Gasteiger partial charge in [-0.3, -0.25) is 9.48 Å². The number of nitrogens with zero attached hydrogens (tertiary/aromatic N) is 2. The number of aryl methyl sites for hydroxylation is 2. The summed E-state index contributed by atoms with van der Waals surface area (Å²) in [6, 6.07) is 16.1. The molecule has 2 aromatic heterocycles. The Kier molecular flexibility index (Phi) is 4.51. The van der Waals surface area contributed by atoms with Gasteiger partial charge in [0.1, 0.15) is 5.69 Å². The summed E-state index contributed by atoms with van der Waals surface area (Å²) in [5, 5.41) is 8.47. The van der Waals surface area contributed by atoms with E-state index in [0.717, 1.165) is 38.9 Å². The third-order valence-corrected chi connectivity index (χ3v) is 5.33. The zero-order valence-corrected chi connectivity index (χ0v) is 16.6. The highest BCUT2D eigenvalue weighted by Gasteiger charge is 2.22. The molecule has 2 N–H and O–H groups in total. The Labute approximate surface area is 164 Å². The van der Waals surface area contributed by atoms with E-state index in [2.05, 4.69) is 34.5 Å². The first kappa shape index (κ1) is 18.0. The summed E-state index contributed by atoms with van der Waals surface area (Å²) in [5.74, 6) is -0.122. The molecule has 1 atom stereocenters. The molecule has 4 rings (SSSR count).